The van der Waals surface area contributed by atoms with E-state index in [9.17, 15) is 8.42 Å². The summed E-state index contributed by atoms with van der Waals surface area (Å²) >= 11 is 5.26. The first kappa shape index (κ1) is 13.3. The quantitative estimate of drug-likeness (QED) is 0.865. The molecule has 0 aromatic carbocycles. The van der Waals surface area contributed by atoms with Crippen LogP contribution in [0.15, 0.2) is 0 Å². The minimum Gasteiger partial charge on any atom is -0.328 e. The van der Waals surface area contributed by atoms with E-state index in [1.807, 2.05) is 25.5 Å². The van der Waals surface area contributed by atoms with E-state index in [0.717, 1.165) is 16.9 Å². The average molecular weight is 288 g/mol. The van der Waals surface area contributed by atoms with Gasteiger partial charge in [-0.15, -0.1) is 0 Å². The summed E-state index contributed by atoms with van der Waals surface area (Å²) in [6, 6.07) is -0.226. The van der Waals surface area contributed by atoms with Crippen LogP contribution in [-0.2, 0) is 16.9 Å². The van der Waals surface area contributed by atoms with Crippen molar-refractivity contribution in [2.24, 2.45) is 7.05 Å². The Morgan fingerprint density at radius 3 is 2.67 bits per heavy atom. The topological polar surface area (TPSA) is 72.7 Å². The van der Waals surface area contributed by atoms with Gasteiger partial charge in [-0.3, -0.25) is 9.25 Å². The van der Waals surface area contributed by atoms with E-state index in [4.69, 9.17) is 12.2 Å². The molecule has 1 N–H and O–H groups in total. The van der Waals surface area contributed by atoms with Crippen LogP contribution in [0.5, 0.6) is 0 Å². The molecule has 2 rings (SSSR count). The number of nitrogens with one attached hydrogen (secondary N) is 1. The Hall–Kier alpha value is -1.15. The van der Waals surface area contributed by atoms with Gasteiger partial charge in [0.1, 0.15) is 15.4 Å². The van der Waals surface area contributed by atoms with Crippen molar-refractivity contribution in [2.45, 2.75) is 19.9 Å². The number of fused-ring (bicyclic) bond motifs is 1. The van der Waals surface area contributed by atoms with E-state index in [-0.39, 0.29) is 11.8 Å². The Kier molecular flexibility index (Phi) is 3.10. The molecule has 18 heavy (non-hydrogen) atoms. The summed E-state index contributed by atoms with van der Waals surface area (Å²) in [7, 11) is -1.23. The van der Waals surface area contributed by atoms with E-state index in [0.29, 0.717) is 4.77 Å². The maximum Gasteiger partial charge on any atom is 0.179 e. The second-order valence-corrected chi connectivity index (χ2v) is 7.22. The molecule has 0 aliphatic rings. The number of hydrogen-bond donors (Lipinski definition) is 1. The molecule has 8 heteroatoms. The van der Waals surface area contributed by atoms with Crippen molar-refractivity contribution in [3.63, 3.8) is 0 Å². The molecular weight excluding hydrogens is 272 g/mol. The fraction of sp³-hybridized carbons (Fsp3) is 0.600. The Morgan fingerprint density at radius 2 is 2.11 bits per heavy atom. The lowest BCUT2D eigenvalue weighted by Gasteiger charge is -2.13. The lowest BCUT2D eigenvalue weighted by Crippen LogP contribution is -2.17. The number of sulfone groups is 1. The van der Waals surface area contributed by atoms with Crippen LogP contribution in [0.4, 0.5) is 0 Å². The van der Waals surface area contributed by atoms with Gasteiger partial charge in [0.15, 0.2) is 10.4 Å². The zero-order valence-corrected chi connectivity index (χ0v) is 12.4. The van der Waals surface area contributed by atoms with Crippen LogP contribution >= 0.6 is 12.2 Å². The molecule has 100 valence electrons. The first-order valence-electron chi connectivity index (χ1n) is 5.52. The Bertz CT molecular complexity index is 751. The van der Waals surface area contributed by atoms with Crippen molar-refractivity contribution in [2.75, 3.05) is 12.0 Å². The first-order chi connectivity index (χ1) is 8.20. The molecule has 0 bridgehead atoms. The number of nitrogens with zero attached hydrogens (tertiary/aromatic N) is 3. The number of rotatable bonds is 3. The van der Waals surface area contributed by atoms with Gasteiger partial charge in [-0.2, -0.15) is 5.10 Å². The molecule has 0 radical (unpaired) electrons. The number of aryl methyl sites for hydroxylation is 2. The zero-order valence-electron chi connectivity index (χ0n) is 10.8. The van der Waals surface area contributed by atoms with E-state index in [1.54, 1.807) is 4.68 Å². The highest BCUT2D eigenvalue weighted by molar-refractivity contribution is 7.90. The summed E-state index contributed by atoms with van der Waals surface area (Å²) in [5.41, 5.74) is 2.54. The molecule has 0 aliphatic heterocycles. The molecule has 1 unspecified atom stereocenters. The molecule has 1 atom stereocenters. The van der Waals surface area contributed by atoms with E-state index < -0.39 is 9.84 Å². The lowest BCUT2D eigenvalue weighted by atomic mass is 10.4. The van der Waals surface area contributed by atoms with Crippen molar-refractivity contribution in [3.05, 3.63) is 10.5 Å². The standard InChI is InChI=1S/C10H16N4O2S2/c1-6(5-18(4,15)16)14-9-8(11-10(14)17)7(2)12-13(9)3/h6H,5H2,1-4H3,(H,11,17). The summed E-state index contributed by atoms with van der Waals surface area (Å²) in [6.07, 6.45) is 1.23. The molecule has 2 aromatic heterocycles. The first-order valence-corrected chi connectivity index (χ1v) is 7.99. The van der Waals surface area contributed by atoms with Crippen molar-refractivity contribution in [1.29, 1.82) is 0 Å². The molecule has 0 spiro atoms. The average Bonchev–Trinajstić information content (AvgIpc) is 2.63. The summed E-state index contributed by atoms with van der Waals surface area (Å²) in [4.78, 5) is 3.08. The van der Waals surface area contributed by atoms with Crippen molar-refractivity contribution in [3.8, 4) is 0 Å². The van der Waals surface area contributed by atoms with Crippen LogP contribution in [0.3, 0.4) is 0 Å². The number of hydrogen-bond acceptors (Lipinski definition) is 4. The molecule has 0 saturated carbocycles. The largest absolute Gasteiger partial charge is 0.328 e. The predicted molar refractivity (Wildman–Crippen MR) is 73.0 cm³/mol. The summed E-state index contributed by atoms with van der Waals surface area (Å²) in [6.45, 7) is 3.73. The lowest BCUT2D eigenvalue weighted by molar-refractivity contribution is 0.557. The molecule has 2 aromatic rings. The minimum absolute atomic E-state index is 0.0541. The van der Waals surface area contributed by atoms with Crippen molar-refractivity contribution < 1.29 is 8.42 Å². The van der Waals surface area contributed by atoms with Gasteiger partial charge in [-0.05, 0) is 26.1 Å². The molecule has 0 amide bonds. The zero-order chi connectivity index (χ0) is 13.7. The molecule has 0 saturated heterocycles. The molecule has 0 aliphatic carbocycles. The van der Waals surface area contributed by atoms with Gasteiger partial charge in [0.05, 0.1) is 11.4 Å². The third kappa shape index (κ3) is 2.22. The summed E-state index contributed by atoms with van der Waals surface area (Å²) in [5, 5.41) is 4.30. The second-order valence-electron chi connectivity index (χ2n) is 4.65. The predicted octanol–water partition coefficient (Wildman–Crippen LogP) is 1.35. The van der Waals surface area contributed by atoms with Gasteiger partial charge >= 0.3 is 0 Å². The molecular formula is C10H16N4O2S2. The van der Waals surface area contributed by atoms with Crippen LogP contribution in [0.1, 0.15) is 18.7 Å². The van der Waals surface area contributed by atoms with Gasteiger partial charge in [-0.25, -0.2) is 8.42 Å². The van der Waals surface area contributed by atoms with Crippen LogP contribution in [0.2, 0.25) is 0 Å². The van der Waals surface area contributed by atoms with Crippen LogP contribution in [0, 0.1) is 11.7 Å². The summed E-state index contributed by atoms with van der Waals surface area (Å²) in [5.74, 6) is 0.0541. The maximum absolute atomic E-state index is 11.4. The Balaban J connectivity index is 2.64. The molecule has 6 nitrogen and oxygen atoms in total. The van der Waals surface area contributed by atoms with Crippen LogP contribution in [-0.4, -0.2) is 39.8 Å². The second kappa shape index (κ2) is 4.20. The van der Waals surface area contributed by atoms with Crippen molar-refractivity contribution >= 4 is 33.2 Å². The summed E-state index contributed by atoms with van der Waals surface area (Å²) < 4.78 is 26.8. The van der Waals surface area contributed by atoms with E-state index in [2.05, 4.69) is 10.1 Å². The normalized spacial score (nSPS) is 14.2. The monoisotopic (exact) mass is 288 g/mol. The van der Waals surface area contributed by atoms with Crippen LogP contribution in [0.25, 0.3) is 11.2 Å². The number of aromatic nitrogens is 4. The van der Waals surface area contributed by atoms with Gasteiger partial charge in [-0.1, -0.05) is 0 Å². The third-order valence-corrected chi connectivity index (χ3v) is 4.24. The maximum atomic E-state index is 11.4. The smallest absolute Gasteiger partial charge is 0.179 e. The van der Waals surface area contributed by atoms with E-state index >= 15 is 0 Å². The fourth-order valence-electron chi connectivity index (χ4n) is 2.25. The van der Waals surface area contributed by atoms with Gasteiger partial charge in [0.25, 0.3) is 0 Å². The van der Waals surface area contributed by atoms with Crippen LogP contribution < -0.4 is 0 Å². The van der Waals surface area contributed by atoms with Gasteiger partial charge < -0.3 is 4.98 Å². The highest BCUT2D eigenvalue weighted by Gasteiger charge is 2.19. The highest BCUT2D eigenvalue weighted by Crippen LogP contribution is 2.21. The molecule has 2 heterocycles. The third-order valence-electron chi connectivity index (χ3n) is 2.86. The number of imidazole rings is 1. The minimum atomic E-state index is -3.05. The SMILES string of the molecule is Cc1nn(C)c2c1[nH]c(=S)n2C(C)CS(C)(=O)=O. The fourth-order valence-corrected chi connectivity index (χ4v) is 3.65. The number of H-pyrrole nitrogens is 1. The Morgan fingerprint density at radius 1 is 1.50 bits per heavy atom. The van der Waals surface area contributed by atoms with E-state index in [1.165, 1.54) is 6.26 Å². The highest BCUT2D eigenvalue weighted by atomic mass is 32.2. The van der Waals surface area contributed by atoms with Gasteiger partial charge in [0, 0.05) is 19.3 Å². The molecule has 0 fully saturated rings. The van der Waals surface area contributed by atoms with Gasteiger partial charge in [0.2, 0.25) is 0 Å². The Labute approximate surface area is 111 Å². The number of aromatic amines is 1. The van der Waals surface area contributed by atoms with Crippen molar-refractivity contribution in [1.82, 2.24) is 19.3 Å².